The molecule has 84 valence electrons. The van der Waals surface area contributed by atoms with Crippen LogP contribution in [0, 0.1) is 5.82 Å². The van der Waals surface area contributed by atoms with Crippen LogP contribution in [0.1, 0.15) is 5.56 Å². The Morgan fingerprint density at radius 3 is 2.94 bits per heavy atom. The summed E-state index contributed by atoms with van der Waals surface area (Å²) in [5.74, 6) is 0.861. The van der Waals surface area contributed by atoms with E-state index in [-0.39, 0.29) is 18.4 Å². The van der Waals surface area contributed by atoms with E-state index in [9.17, 15) is 4.39 Å². The van der Waals surface area contributed by atoms with Gasteiger partial charge in [0.05, 0.1) is 12.7 Å². The highest BCUT2D eigenvalue weighted by molar-refractivity contribution is 6.10. The zero-order valence-electron chi connectivity index (χ0n) is 8.70. The van der Waals surface area contributed by atoms with Crippen LogP contribution in [0.25, 0.3) is 0 Å². The number of hydrogen-bond donors (Lipinski definition) is 2. The fraction of sp³-hybridized carbons (Fsp3) is 0.200. The lowest BCUT2D eigenvalue weighted by Crippen LogP contribution is -2.40. The maximum atomic E-state index is 13.0. The van der Waals surface area contributed by atoms with Gasteiger partial charge in [0.25, 0.3) is 0 Å². The van der Waals surface area contributed by atoms with Crippen LogP contribution in [0.2, 0.25) is 0 Å². The fourth-order valence-corrected chi connectivity index (χ4v) is 1.40. The quantitative estimate of drug-likeness (QED) is 0.763. The average Bonchev–Trinajstić information content (AvgIpc) is 2.28. The number of methoxy groups -OCH3 is 1. The second-order valence-electron chi connectivity index (χ2n) is 3.16. The average molecular weight is 222 g/mol. The van der Waals surface area contributed by atoms with E-state index in [0.717, 1.165) is 0 Å². The van der Waals surface area contributed by atoms with Crippen LogP contribution in [-0.2, 0) is 0 Å². The van der Waals surface area contributed by atoms with Gasteiger partial charge < -0.3 is 15.8 Å². The van der Waals surface area contributed by atoms with E-state index in [1.165, 1.54) is 19.2 Å². The zero-order valence-corrected chi connectivity index (χ0v) is 8.70. The number of nitrogens with one attached hydrogen (secondary N) is 1. The van der Waals surface area contributed by atoms with Gasteiger partial charge in [-0.2, -0.15) is 0 Å². The highest BCUT2D eigenvalue weighted by Crippen LogP contribution is 2.20. The van der Waals surface area contributed by atoms with Gasteiger partial charge in [-0.3, -0.25) is 0 Å². The monoisotopic (exact) mass is 222 g/mol. The number of halogens is 1. The van der Waals surface area contributed by atoms with Gasteiger partial charge in [-0.15, -0.1) is 0 Å². The lowest BCUT2D eigenvalue weighted by Gasteiger charge is -2.15. The molecule has 0 radical (unpaired) electrons. The van der Waals surface area contributed by atoms with Crippen molar-refractivity contribution in [1.82, 2.24) is 5.32 Å². The molecule has 6 heteroatoms. The second kappa shape index (κ2) is 4.18. The van der Waals surface area contributed by atoms with Crippen molar-refractivity contribution in [2.24, 2.45) is 15.7 Å². The molecule has 0 bridgehead atoms. The van der Waals surface area contributed by atoms with Gasteiger partial charge in [0, 0.05) is 6.07 Å². The molecule has 0 atom stereocenters. The number of guanidine groups is 1. The SMILES string of the molecule is COc1cc(F)ccc1C1=NCN=C(N)N1. The predicted molar refractivity (Wildman–Crippen MR) is 59.1 cm³/mol. The Morgan fingerprint density at radius 2 is 2.25 bits per heavy atom. The third kappa shape index (κ3) is 1.95. The Hall–Kier alpha value is -2.11. The van der Waals surface area contributed by atoms with Gasteiger partial charge >= 0.3 is 0 Å². The maximum absolute atomic E-state index is 13.0. The standard InChI is InChI=1S/C10H11FN4O/c1-16-8-4-6(11)2-3-7(8)9-13-5-14-10(12)15-9/h2-4H,5H2,1H3,(H3,12,13,14,15). The summed E-state index contributed by atoms with van der Waals surface area (Å²) >= 11 is 0. The topological polar surface area (TPSA) is 72.0 Å². The normalized spacial score (nSPS) is 14.9. The first kappa shape index (κ1) is 10.4. The van der Waals surface area contributed by atoms with Gasteiger partial charge in [0.2, 0.25) is 0 Å². The minimum atomic E-state index is -0.362. The largest absolute Gasteiger partial charge is 0.496 e. The van der Waals surface area contributed by atoms with E-state index in [2.05, 4.69) is 15.3 Å². The van der Waals surface area contributed by atoms with Crippen molar-refractivity contribution < 1.29 is 9.13 Å². The molecule has 0 spiro atoms. The predicted octanol–water partition coefficient (Wildman–Crippen LogP) is 0.456. The number of hydrogen-bond acceptors (Lipinski definition) is 5. The fourth-order valence-electron chi connectivity index (χ4n) is 1.40. The lowest BCUT2D eigenvalue weighted by molar-refractivity contribution is 0.410. The van der Waals surface area contributed by atoms with Crippen LogP contribution in [0.4, 0.5) is 4.39 Å². The maximum Gasteiger partial charge on any atom is 0.196 e. The van der Waals surface area contributed by atoms with E-state index in [1.807, 2.05) is 0 Å². The number of benzene rings is 1. The molecule has 1 aromatic carbocycles. The Morgan fingerprint density at radius 1 is 1.44 bits per heavy atom. The van der Waals surface area contributed by atoms with Gasteiger partial charge in [0.15, 0.2) is 5.96 Å². The molecule has 0 fully saturated rings. The zero-order chi connectivity index (χ0) is 11.5. The summed E-state index contributed by atoms with van der Waals surface area (Å²) in [5.41, 5.74) is 6.18. The molecule has 1 heterocycles. The number of rotatable bonds is 2. The molecule has 0 saturated heterocycles. The van der Waals surface area contributed by atoms with Crippen LogP contribution in [0.15, 0.2) is 28.2 Å². The van der Waals surface area contributed by atoms with Gasteiger partial charge in [-0.25, -0.2) is 14.4 Å². The van der Waals surface area contributed by atoms with Crippen molar-refractivity contribution in [2.45, 2.75) is 0 Å². The summed E-state index contributed by atoms with van der Waals surface area (Å²) in [6.45, 7) is 0.259. The van der Waals surface area contributed by atoms with Gasteiger partial charge in [-0.1, -0.05) is 0 Å². The van der Waals surface area contributed by atoms with Crippen molar-refractivity contribution in [2.75, 3.05) is 13.8 Å². The molecular formula is C10H11FN4O. The van der Waals surface area contributed by atoms with Crippen LogP contribution < -0.4 is 15.8 Å². The molecule has 0 amide bonds. The molecule has 0 aliphatic carbocycles. The second-order valence-corrected chi connectivity index (χ2v) is 3.16. The molecule has 16 heavy (non-hydrogen) atoms. The highest BCUT2D eigenvalue weighted by Gasteiger charge is 2.13. The van der Waals surface area contributed by atoms with Crippen LogP contribution in [0.5, 0.6) is 5.75 Å². The van der Waals surface area contributed by atoms with Gasteiger partial charge in [-0.05, 0) is 12.1 Å². The molecule has 1 aromatic rings. The number of ether oxygens (including phenoxy) is 1. The summed E-state index contributed by atoms with van der Waals surface area (Å²) in [4.78, 5) is 7.98. The first-order valence-electron chi connectivity index (χ1n) is 4.66. The molecule has 0 unspecified atom stereocenters. The molecule has 1 aliphatic rings. The van der Waals surface area contributed by atoms with Crippen molar-refractivity contribution in [3.05, 3.63) is 29.6 Å². The van der Waals surface area contributed by atoms with Crippen molar-refractivity contribution in [3.63, 3.8) is 0 Å². The molecule has 2 rings (SSSR count). The Labute approximate surface area is 91.8 Å². The smallest absolute Gasteiger partial charge is 0.196 e. The van der Waals surface area contributed by atoms with Gasteiger partial charge in [0.1, 0.15) is 24.1 Å². The minimum absolute atomic E-state index is 0.259. The van der Waals surface area contributed by atoms with E-state index < -0.39 is 0 Å². The Kier molecular flexibility index (Phi) is 2.72. The van der Waals surface area contributed by atoms with Crippen LogP contribution >= 0.6 is 0 Å². The molecule has 5 nitrogen and oxygen atoms in total. The number of amidine groups is 1. The summed E-state index contributed by atoms with van der Waals surface area (Å²) < 4.78 is 18.1. The Balaban J connectivity index is 2.37. The summed E-state index contributed by atoms with van der Waals surface area (Å²) in [6, 6.07) is 4.21. The first-order valence-corrected chi connectivity index (χ1v) is 4.66. The number of aliphatic imine (C=N–C) groups is 2. The molecule has 1 aliphatic heterocycles. The highest BCUT2D eigenvalue weighted by atomic mass is 19.1. The lowest BCUT2D eigenvalue weighted by atomic mass is 10.1. The summed E-state index contributed by atoms with van der Waals surface area (Å²) in [6.07, 6.45) is 0. The summed E-state index contributed by atoms with van der Waals surface area (Å²) in [5, 5.41) is 2.80. The third-order valence-corrected chi connectivity index (χ3v) is 2.14. The van der Waals surface area contributed by atoms with E-state index in [1.54, 1.807) is 6.07 Å². The molecule has 0 aromatic heterocycles. The third-order valence-electron chi connectivity index (χ3n) is 2.14. The van der Waals surface area contributed by atoms with Crippen molar-refractivity contribution >= 4 is 11.8 Å². The first-order chi connectivity index (χ1) is 7.70. The van der Waals surface area contributed by atoms with Crippen LogP contribution in [-0.4, -0.2) is 25.6 Å². The van der Waals surface area contributed by atoms with E-state index in [0.29, 0.717) is 17.1 Å². The Bertz CT molecular complexity index is 470. The van der Waals surface area contributed by atoms with E-state index in [4.69, 9.17) is 10.5 Å². The van der Waals surface area contributed by atoms with Crippen LogP contribution in [0.3, 0.4) is 0 Å². The molecule has 0 saturated carbocycles. The molecule has 3 N–H and O–H groups in total. The summed E-state index contributed by atoms with van der Waals surface area (Å²) in [7, 11) is 1.47. The van der Waals surface area contributed by atoms with E-state index >= 15 is 0 Å². The minimum Gasteiger partial charge on any atom is -0.496 e. The number of nitrogens with zero attached hydrogens (tertiary/aromatic N) is 2. The van der Waals surface area contributed by atoms with Crippen molar-refractivity contribution in [1.29, 1.82) is 0 Å². The molecular weight excluding hydrogens is 211 g/mol. The van der Waals surface area contributed by atoms with Crippen molar-refractivity contribution in [3.8, 4) is 5.75 Å². The number of nitrogens with two attached hydrogens (primary N) is 1.